The number of nitrogens with zero attached hydrogens (tertiary/aromatic N) is 3. The fraction of sp³-hybridized carbons (Fsp3) is 0.636. The summed E-state index contributed by atoms with van der Waals surface area (Å²) in [5.41, 5.74) is 6.38. The van der Waals surface area contributed by atoms with Crippen LogP contribution in [0.5, 0.6) is 0 Å². The van der Waals surface area contributed by atoms with Crippen LogP contribution in [0.3, 0.4) is 0 Å². The molecule has 0 amide bonds. The van der Waals surface area contributed by atoms with Crippen LogP contribution in [0.2, 0.25) is 0 Å². The van der Waals surface area contributed by atoms with Crippen molar-refractivity contribution in [1.82, 2.24) is 9.97 Å². The van der Waals surface area contributed by atoms with Gasteiger partial charge in [-0.3, -0.25) is 0 Å². The summed E-state index contributed by atoms with van der Waals surface area (Å²) in [6.45, 7) is 3.64. The summed E-state index contributed by atoms with van der Waals surface area (Å²) in [7, 11) is 0. The first-order chi connectivity index (χ1) is 8.24. The van der Waals surface area contributed by atoms with Crippen LogP contribution < -0.4 is 10.6 Å². The first kappa shape index (κ1) is 12.2. The third-order valence-electron chi connectivity index (χ3n) is 2.88. The second-order valence-electron chi connectivity index (χ2n) is 4.19. The predicted molar refractivity (Wildman–Crippen MR) is 63.6 cm³/mol. The fourth-order valence-electron chi connectivity index (χ4n) is 1.84. The summed E-state index contributed by atoms with van der Waals surface area (Å²) < 4.78 is 5.48. The Hall–Kier alpha value is -1.24. The maximum Gasteiger partial charge on any atom is 0.225 e. The van der Waals surface area contributed by atoms with E-state index in [4.69, 9.17) is 15.6 Å². The normalized spacial score (nSPS) is 25.0. The lowest BCUT2D eigenvalue weighted by Gasteiger charge is -2.37. The van der Waals surface area contributed by atoms with Gasteiger partial charge in [0, 0.05) is 19.3 Å². The van der Waals surface area contributed by atoms with Crippen LogP contribution in [-0.4, -0.2) is 47.0 Å². The number of aromatic nitrogens is 2. The average Bonchev–Trinajstić information content (AvgIpc) is 2.39. The minimum Gasteiger partial charge on any atom is -0.394 e. The van der Waals surface area contributed by atoms with Crippen molar-refractivity contribution < 1.29 is 9.84 Å². The molecule has 0 aromatic carbocycles. The van der Waals surface area contributed by atoms with E-state index in [0.29, 0.717) is 25.6 Å². The van der Waals surface area contributed by atoms with E-state index in [2.05, 4.69) is 9.97 Å². The van der Waals surface area contributed by atoms with Gasteiger partial charge < -0.3 is 20.5 Å². The van der Waals surface area contributed by atoms with Crippen LogP contribution in [0.1, 0.15) is 12.6 Å². The van der Waals surface area contributed by atoms with Gasteiger partial charge in [-0.25, -0.2) is 9.97 Å². The second-order valence-corrected chi connectivity index (χ2v) is 4.19. The quantitative estimate of drug-likeness (QED) is 0.740. The fourth-order valence-corrected chi connectivity index (χ4v) is 1.84. The van der Waals surface area contributed by atoms with Crippen molar-refractivity contribution in [1.29, 1.82) is 0 Å². The van der Waals surface area contributed by atoms with Gasteiger partial charge in [-0.1, -0.05) is 0 Å². The van der Waals surface area contributed by atoms with Crippen molar-refractivity contribution in [2.24, 2.45) is 5.73 Å². The molecule has 1 saturated heterocycles. The number of morpholine rings is 1. The lowest BCUT2D eigenvalue weighted by molar-refractivity contribution is -0.0108. The van der Waals surface area contributed by atoms with Gasteiger partial charge >= 0.3 is 0 Å². The summed E-state index contributed by atoms with van der Waals surface area (Å²) in [5, 5.41) is 9.13. The first-order valence-electron chi connectivity index (χ1n) is 5.75. The Morgan fingerprint density at radius 2 is 2.47 bits per heavy atom. The third-order valence-corrected chi connectivity index (χ3v) is 2.88. The summed E-state index contributed by atoms with van der Waals surface area (Å²) in [6, 6.07) is 2.00. The Morgan fingerprint density at radius 1 is 1.65 bits per heavy atom. The Bertz CT molecular complexity index is 374. The highest BCUT2D eigenvalue weighted by atomic mass is 16.5. The van der Waals surface area contributed by atoms with Gasteiger partial charge in [0.15, 0.2) is 0 Å². The number of hydrogen-bond donors (Lipinski definition) is 2. The maximum absolute atomic E-state index is 9.13. The van der Waals surface area contributed by atoms with Crippen LogP contribution in [-0.2, 0) is 11.3 Å². The number of anilines is 1. The number of aliphatic hydroxyl groups excluding tert-OH is 1. The molecule has 0 saturated carbocycles. The lowest BCUT2D eigenvalue weighted by atomic mass is 10.2. The Morgan fingerprint density at radius 3 is 3.18 bits per heavy atom. The van der Waals surface area contributed by atoms with E-state index < -0.39 is 0 Å². The number of hydrogen-bond acceptors (Lipinski definition) is 6. The molecule has 2 rings (SSSR count). The van der Waals surface area contributed by atoms with Gasteiger partial charge in [0.2, 0.25) is 5.95 Å². The molecular formula is C11H18N4O2. The lowest BCUT2D eigenvalue weighted by Crippen LogP contribution is -2.50. The van der Waals surface area contributed by atoms with E-state index in [1.54, 1.807) is 12.3 Å². The molecule has 1 aromatic rings. The van der Waals surface area contributed by atoms with Crippen molar-refractivity contribution in [3.05, 3.63) is 18.0 Å². The molecule has 1 aromatic heterocycles. The zero-order valence-corrected chi connectivity index (χ0v) is 9.91. The molecule has 0 bridgehead atoms. The van der Waals surface area contributed by atoms with Gasteiger partial charge in [-0.05, 0) is 13.0 Å². The highest BCUT2D eigenvalue weighted by molar-refractivity contribution is 5.33. The average molecular weight is 238 g/mol. The molecule has 2 atom stereocenters. The Kier molecular flexibility index (Phi) is 3.88. The first-order valence-corrected chi connectivity index (χ1v) is 5.75. The molecule has 2 heterocycles. The van der Waals surface area contributed by atoms with E-state index in [1.165, 1.54) is 0 Å². The van der Waals surface area contributed by atoms with Crippen molar-refractivity contribution in [3.8, 4) is 0 Å². The minimum absolute atomic E-state index is 0.0137. The predicted octanol–water partition coefficient (Wildman–Crippen LogP) is -0.479. The molecule has 1 aliphatic rings. The maximum atomic E-state index is 9.13. The molecule has 0 spiro atoms. The zero-order valence-electron chi connectivity index (χ0n) is 9.91. The summed E-state index contributed by atoms with van der Waals surface area (Å²) >= 11 is 0. The molecule has 17 heavy (non-hydrogen) atoms. The number of aliphatic hydroxyl groups is 1. The van der Waals surface area contributed by atoms with Gasteiger partial charge in [0.05, 0.1) is 31.1 Å². The van der Waals surface area contributed by atoms with Crippen LogP contribution in [0.4, 0.5) is 5.95 Å². The standard InChI is InChI=1S/C11H18N4O2/c1-8-7-17-10(6-16)5-15(8)11-13-3-2-9(4-12)14-11/h2-3,8,10,16H,4-7,12H2,1H3. The molecule has 6 heteroatoms. The van der Waals surface area contributed by atoms with Crippen molar-refractivity contribution in [2.75, 3.05) is 24.7 Å². The Labute approximate surface area is 100 Å². The number of nitrogens with two attached hydrogens (primary N) is 1. The summed E-state index contributed by atoms with van der Waals surface area (Å²) in [5.74, 6) is 0.655. The zero-order chi connectivity index (χ0) is 12.3. The van der Waals surface area contributed by atoms with Crippen molar-refractivity contribution in [2.45, 2.75) is 25.6 Å². The van der Waals surface area contributed by atoms with Crippen LogP contribution in [0, 0.1) is 0 Å². The van der Waals surface area contributed by atoms with E-state index in [0.717, 1.165) is 5.69 Å². The van der Waals surface area contributed by atoms with Gasteiger partial charge in [-0.15, -0.1) is 0 Å². The molecule has 3 N–H and O–H groups in total. The van der Waals surface area contributed by atoms with E-state index in [1.807, 2.05) is 11.8 Å². The number of rotatable bonds is 3. The largest absolute Gasteiger partial charge is 0.394 e. The highest BCUT2D eigenvalue weighted by Crippen LogP contribution is 2.17. The monoisotopic (exact) mass is 238 g/mol. The minimum atomic E-state index is -0.170. The van der Waals surface area contributed by atoms with Gasteiger partial charge in [-0.2, -0.15) is 0 Å². The van der Waals surface area contributed by atoms with Crippen LogP contribution in [0.25, 0.3) is 0 Å². The van der Waals surface area contributed by atoms with E-state index >= 15 is 0 Å². The molecule has 0 radical (unpaired) electrons. The highest BCUT2D eigenvalue weighted by Gasteiger charge is 2.27. The topological polar surface area (TPSA) is 84.5 Å². The molecular weight excluding hydrogens is 220 g/mol. The van der Waals surface area contributed by atoms with Gasteiger partial charge in [0.25, 0.3) is 0 Å². The molecule has 6 nitrogen and oxygen atoms in total. The van der Waals surface area contributed by atoms with Crippen molar-refractivity contribution >= 4 is 5.95 Å². The van der Waals surface area contributed by atoms with Gasteiger partial charge in [0.1, 0.15) is 0 Å². The number of ether oxygens (including phenoxy) is 1. The molecule has 1 aliphatic heterocycles. The van der Waals surface area contributed by atoms with Crippen molar-refractivity contribution in [3.63, 3.8) is 0 Å². The molecule has 94 valence electrons. The molecule has 1 fully saturated rings. The van der Waals surface area contributed by atoms with Crippen LogP contribution >= 0.6 is 0 Å². The summed E-state index contributed by atoms with van der Waals surface area (Å²) in [4.78, 5) is 10.7. The third kappa shape index (κ3) is 2.71. The Balaban J connectivity index is 2.18. The van der Waals surface area contributed by atoms with Crippen LogP contribution in [0.15, 0.2) is 12.3 Å². The SMILES string of the molecule is CC1COC(CO)CN1c1nccc(CN)n1. The smallest absolute Gasteiger partial charge is 0.225 e. The second kappa shape index (κ2) is 5.39. The molecule has 0 aliphatic carbocycles. The van der Waals surface area contributed by atoms with E-state index in [9.17, 15) is 0 Å². The molecule has 2 unspecified atom stereocenters. The van der Waals surface area contributed by atoms with E-state index in [-0.39, 0.29) is 18.8 Å². The summed E-state index contributed by atoms with van der Waals surface area (Å²) in [6.07, 6.45) is 1.54.